The summed E-state index contributed by atoms with van der Waals surface area (Å²) in [7, 11) is 0. The van der Waals surface area contributed by atoms with Crippen molar-refractivity contribution in [2.24, 2.45) is 0 Å². The molecule has 0 aliphatic carbocycles. The Kier molecular flexibility index (Phi) is 11.4. The van der Waals surface area contributed by atoms with Gasteiger partial charge in [-0.1, -0.05) is 83.9 Å². The van der Waals surface area contributed by atoms with Crippen molar-refractivity contribution >= 4 is 28.6 Å². The van der Waals surface area contributed by atoms with Gasteiger partial charge >= 0.3 is 5.97 Å². The second kappa shape index (κ2) is 14.9. The fraction of sp³-hybridized carbons (Fsp3) is 0.429. The molecule has 7 heteroatoms. The smallest absolute Gasteiger partial charge is 0.317 e. The number of hydrogen-bond donors (Lipinski definition) is 1. The third-order valence-corrected chi connectivity index (χ3v) is 9.85. The minimum atomic E-state index is -0.828. The van der Waals surface area contributed by atoms with Gasteiger partial charge in [0.2, 0.25) is 0 Å². The van der Waals surface area contributed by atoms with Crippen LogP contribution < -0.4 is 4.74 Å². The van der Waals surface area contributed by atoms with E-state index in [4.69, 9.17) is 4.74 Å². The van der Waals surface area contributed by atoms with E-state index < -0.39 is 5.97 Å². The molecule has 0 bridgehead atoms. The van der Waals surface area contributed by atoms with Gasteiger partial charge in [0.25, 0.3) is 0 Å². The van der Waals surface area contributed by atoms with Crippen LogP contribution in [0.3, 0.4) is 0 Å². The summed E-state index contributed by atoms with van der Waals surface area (Å²) < 4.78 is 6.09. The Morgan fingerprint density at radius 1 is 0.929 bits per heavy atom. The first kappa shape index (κ1) is 31.9. The molecule has 0 unspecified atom stereocenters. The molecule has 0 atom stereocenters. The van der Waals surface area contributed by atoms with Crippen molar-refractivity contribution in [3.8, 4) is 16.2 Å². The average molecular weight is 605 g/mol. The number of aliphatic carboxylic acids is 1. The highest BCUT2D eigenvalue weighted by Crippen LogP contribution is 2.32. The first-order chi connectivity index (χ1) is 20.1. The van der Waals surface area contributed by atoms with Gasteiger partial charge in [-0.05, 0) is 65.1 Å². The predicted molar refractivity (Wildman–Crippen MR) is 176 cm³/mol. The maximum absolute atomic E-state index is 11.6. The van der Waals surface area contributed by atoms with Gasteiger partial charge in [0.15, 0.2) is 0 Å². The molecule has 0 radical (unpaired) electrons. The Balaban J connectivity index is 1.34. The van der Waals surface area contributed by atoms with Gasteiger partial charge in [0, 0.05) is 27.4 Å². The van der Waals surface area contributed by atoms with E-state index in [-0.39, 0.29) is 12.0 Å². The normalized spacial score (nSPS) is 11.9. The number of carboxylic acid groups (broad SMARTS) is 1. The van der Waals surface area contributed by atoms with E-state index in [1.165, 1.54) is 41.0 Å². The van der Waals surface area contributed by atoms with E-state index in [2.05, 4.69) is 100 Å². The molecular weight excluding hydrogens is 561 g/mol. The SMILES string of the molecule is CCCC(CCC)c1ccc(OCc2ccc(-c3ccc(CN(CC(=O)O)Cc4ncc(C(C)(C)C)s4)s3)cc2)cc1. The second-order valence-corrected chi connectivity index (χ2v) is 14.3. The number of benzene rings is 2. The molecule has 0 saturated heterocycles. The first-order valence-electron chi connectivity index (χ1n) is 14.9. The lowest BCUT2D eigenvalue weighted by atomic mass is 9.90. The van der Waals surface area contributed by atoms with Crippen LogP contribution in [0.1, 0.15) is 92.1 Å². The van der Waals surface area contributed by atoms with Crippen LogP contribution in [0.5, 0.6) is 5.75 Å². The van der Waals surface area contributed by atoms with E-state index in [1.54, 1.807) is 22.7 Å². The average Bonchev–Trinajstić information content (AvgIpc) is 3.62. The fourth-order valence-corrected chi connectivity index (χ4v) is 7.14. The molecule has 5 nitrogen and oxygen atoms in total. The zero-order chi connectivity index (χ0) is 30.1. The number of carbonyl (C=O) groups is 1. The predicted octanol–water partition coefficient (Wildman–Crippen LogP) is 9.52. The lowest BCUT2D eigenvalue weighted by Gasteiger charge is -2.18. The first-order valence-corrected chi connectivity index (χ1v) is 16.6. The van der Waals surface area contributed by atoms with Crippen molar-refractivity contribution < 1.29 is 14.6 Å². The Labute approximate surface area is 259 Å². The van der Waals surface area contributed by atoms with Gasteiger partial charge in [0.05, 0.1) is 13.1 Å². The van der Waals surface area contributed by atoms with Gasteiger partial charge < -0.3 is 9.84 Å². The second-order valence-electron chi connectivity index (χ2n) is 12.0. The number of rotatable bonds is 15. The van der Waals surface area contributed by atoms with Crippen LogP contribution in [0.2, 0.25) is 0 Å². The number of ether oxygens (including phenoxy) is 1. The molecule has 1 N–H and O–H groups in total. The molecule has 0 amide bonds. The molecule has 224 valence electrons. The minimum absolute atomic E-state index is 0.0207. The van der Waals surface area contributed by atoms with Gasteiger partial charge in [-0.25, -0.2) is 4.98 Å². The van der Waals surface area contributed by atoms with E-state index in [0.29, 0.717) is 25.6 Å². The molecule has 0 saturated carbocycles. The lowest BCUT2D eigenvalue weighted by molar-refractivity contribution is -0.138. The quantitative estimate of drug-likeness (QED) is 0.146. The molecule has 2 aromatic heterocycles. The molecule has 2 heterocycles. The van der Waals surface area contributed by atoms with Crippen molar-refractivity contribution in [1.82, 2.24) is 9.88 Å². The number of carboxylic acids is 1. The van der Waals surface area contributed by atoms with Gasteiger partial charge in [0.1, 0.15) is 17.4 Å². The number of thiazole rings is 1. The van der Waals surface area contributed by atoms with E-state index in [0.717, 1.165) is 26.8 Å². The van der Waals surface area contributed by atoms with Crippen molar-refractivity contribution in [2.75, 3.05) is 6.54 Å². The highest BCUT2D eigenvalue weighted by atomic mass is 32.1. The summed E-state index contributed by atoms with van der Waals surface area (Å²) in [5.74, 6) is 0.709. The highest BCUT2D eigenvalue weighted by Gasteiger charge is 2.20. The van der Waals surface area contributed by atoms with Gasteiger partial charge in [-0.3, -0.25) is 9.69 Å². The molecule has 0 aliphatic heterocycles. The maximum Gasteiger partial charge on any atom is 0.317 e. The Bertz CT molecular complexity index is 1400. The van der Waals surface area contributed by atoms with Crippen molar-refractivity contribution in [3.05, 3.63) is 92.7 Å². The zero-order valence-electron chi connectivity index (χ0n) is 25.6. The monoisotopic (exact) mass is 604 g/mol. The van der Waals surface area contributed by atoms with Crippen molar-refractivity contribution in [2.45, 2.75) is 91.3 Å². The molecule has 42 heavy (non-hydrogen) atoms. The molecule has 0 aliphatic rings. The largest absolute Gasteiger partial charge is 0.489 e. The third-order valence-electron chi connectivity index (χ3n) is 7.32. The van der Waals surface area contributed by atoms with E-state index in [1.807, 2.05) is 11.1 Å². The van der Waals surface area contributed by atoms with E-state index >= 15 is 0 Å². The van der Waals surface area contributed by atoms with Gasteiger partial charge in [-0.2, -0.15) is 0 Å². The summed E-state index contributed by atoms with van der Waals surface area (Å²) in [5.41, 5.74) is 3.72. The summed E-state index contributed by atoms with van der Waals surface area (Å²) in [5, 5.41) is 10.5. The number of hydrogen-bond acceptors (Lipinski definition) is 6. The molecule has 4 rings (SSSR count). The summed E-state index contributed by atoms with van der Waals surface area (Å²) in [6.07, 6.45) is 6.81. The molecular formula is C35H44N2O3S2. The number of aromatic nitrogens is 1. The van der Waals surface area contributed by atoms with Crippen LogP contribution in [0.4, 0.5) is 0 Å². The Morgan fingerprint density at radius 2 is 1.62 bits per heavy atom. The zero-order valence-corrected chi connectivity index (χ0v) is 27.2. The van der Waals surface area contributed by atoms with Gasteiger partial charge in [-0.15, -0.1) is 22.7 Å². The number of nitrogens with zero attached hydrogens (tertiary/aromatic N) is 2. The maximum atomic E-state index is 11.6. The summed E-state index contributed by atoms with van der Waals surface area (Å²) in [6, 6.07) is 21.4. The Hall–Kier alpha value is -3.00. The van der Waals surface area contributed by atoms with Crippen molar-refractivity contribution in [3.63, 3.8) is 0 Å². The summed E-state index contributed by atoms with van der Waals surface area (Å²) in [4.78, 5) is 21.6. The summed E-state index contributed by atoms with van der Waals surface area (Å²) >= 11 is 3.37. The number of thiophene rings is 1. The molecule has 4 aromatic rings. The minimum Gasteiger partial charge on any atom is -0.489 e. The highest BCUT2D eigenvalue weighted by molar-refractivity contribution is 7.15. The van der Waals surface area contributed by atoms with Crippen LogP contribution in [-0.4, -0.2) is 27.5 Å². The van der Waals surface area contributed by atoms with E-state index in [9.17, 15) is 9.90 Å². The van der Waals surface area contributed by atoms with Crippen molar-refractivity contribution in [1.29, 1.82) is 0 Å². The fourth-order valence-electron chi connectivity index (χ4n) is 5.06. The topological polar surface area (TPSA) is 62.7 Å². The molecule has 0 fully saturated rings. The summed E-state index contributed by atoms with van der Waals surface area (Å²) in [6.45, 7) is 12.6. The standard InChI is InChI=1S/C35H44N2O3S2/c1-6-8-26(9-7-2)27-14-16-29(17-15-27)40-24-25-10-12-28(13-11-25)31-19-18-30(41-31)21-37(23-34(38)39)22-33-36-20-32(42-33)35(3,4)5/h10-20,26H,6-9,21-24H2,1-5H3,(H,38,39). The molecule has 0 spiro atoms. The van der Waals surface area contributed by atoms with Crippen LogP contribution in [0.25, 0.3) is 10.4 Å². The lowest BCUT2D eigenvalue weighted by Crippen LogP contribution is -2.28. The third kappa shape index (κ3) is 9.25. The van der Waals surface area contributed by atoms with Crippen LogP contribution in [0, 0.1) is 0 Å². The van der Waals surface area contributed by atoms with Crippen LogP contribution in [-0.2, 0) is 29.9 Å². The van der Waals surface area contributed by atoms with Crippen LogP contribution in [0.15, 0.2) is 66.9 Å². The molecule has 2 aromatic carbocycles. The Morgan fingerprint density at radius 3 is 2.21 bits per heavy atom. The van der Waals surface area contributed by atoms with Crippen LogP contribution >= 0.6 is 22.7 Å².